The summed E-state index contributed by atoms with van der Waals surface area (Å²) in [5, 5.41) is 16.9. The molecule has 0 aliphatic carbocycles. The van der Waals surface area contributed by atoms with Gasteiger partial charge in [-0.15, -0.1) is 0 Å². The molecule has 2 amide bonds. The van der Waals surface area contributed by atoms with Gasteiger partial charge in [-0.3, -0.25) is 19.7 Å². The number of nitro benzene ring substituents is 1. The van der Waals surface area contributed by atoms with Gasteiger partial charge in [-0.2, -0.15) is 4.31 Å². The highest BCUT2D eigenvalue weighted by atomic mass is 32.2. The lowest BCUT2D eigenvalue weighted by Gasteiger charge is -2.30. The second kappa shape index (κ2) is 10.6. The van der Waals surface area contributed by atoms with Crippen LogP contribution in [0.4, 0.5) is 5.69 Å². The van der Waals surface area contributed by atoms with E-state index >= 15 is 0 Å². The Morgan fingerprint density at radius 2 is 1.69 bits per heavy atom. The fourth-order valence-corrected chi connectivity index (χ4v) is 6.07. The fraction of sp³-hybridized carbons (Fsp3) is 0.346. The summed E-state index contributed by atoms with van der Waals surface area (Å²) in [6.07, 6.45) is 0. The molecule has 2 heterocycles. The Morgan fingerprint density at radius 1 is 1.05 bits per heavy atom. The van der Waals surface area contributed by atoms with Gasteiger partial charge >= 0.3 is 0 Å². The normalized spacial score (nSPS) is 14.8. The predicted octanol–water partition coefficient (Wildman–Crippen LogP) is 2.55. The lowest BCUT2D eigenvalue weighted by molar-refractivity contribution is -0.387. The molecule has 1 aliphatic heterocycles. The lowest BCUT2D eigenvalue weighted by atomic mass is 9.86. The van der Waals surface area contributed by atoms with Gasteiger partial charge in [-0.25, -0.2) is 13.4 Å². The standard InChI is InChI=1S/C26H30N6O6S/c1-26(2,3)22(25(34)27-4)29-24(33)21-19-16-30(39(37,38)20-13-9-8-12-18(20)32(35)36)14-15-31(19)23(28-21)17-10-6-5-7-11-17/h5-13,22H,14-16H2,1-4H3,(H,27,34)(H,29,33). The average Bonchev–Trinajstić information content (AvgIpc) is 3.30. The Balaban J connectivity index is 1.79. The predicted molar refractivity (Wildman–Crippen MR) is 143 cm³/mol. The smallest absolute Gasteiger partial charge is 0.289 e. The zero-order valence-corrected chi connectivity index (χ0v) is 22.9. The van der Waals surface area contributed by atoms with Crippen LogP contribution in [0, 0.1) is 15.5 Å². The van der Waals surface area contributed by atoms with Crippen LogP contribution in [0.15, 0.2) is 59.5 Å². The van der Waals surface area contributed by atoms with Crippen molar-refractivity contribution in [3.63, 3.8) is 0 Å². The van der Waals surface area contributed by atoms with Crippen molar-refractivity contribution in [3.05, 3.63) is 76.1 Å². The number of likely N-dealkylation sites (N-methyl/N-ethyl adjacent to an activating group) is 1. The number of aromatic nitrogens is 2. The van der Waals surface area contributed by atoms with Crippen molar-refractivity contribution < 1.29 is 22.9 Å². The minimum Gasteiger partial charge on any atom is -0.357 e. The summed E-state index contributed by atoms with van der Waals surface area (Å²) in [4.78, 5) is 41.1. The number of carbonyl (C=O) groups excluding carboxylic acids is 2. The molecule has 1 unspecified atom stereocenters. The van der Waals surface area contributed by atoms with Gasteiger partial charge in [0.25, 0.3) is 11.6 Å². The monoisotopic (exact) mass is 554 g/mol. The second-order valence-corrected chi connectivity index (χ2v) is 12.1. The Bertz CT molecular complexity index is 1530. The van der Waals surface area contributed by atoms with Gasteiger partial charge in [0.2, 0.25) is 15.9 Å². The molecule has 0 bridgehead atoms. The molecule has 206 valence electrons. The minimum absolute atomic E-state index is 0.0154. The Labute approximate surface area is 226 Å². The van der Waals surface area contributed by atoms with Crippen molar-refractivity contribution in [3.8, 4) is 11.4 Å². The van der Waals surface area contributed by atoms with Crippen LogP contribution in [0.3, 0.4) is 0 Å². The molecule has 0 radical (unpaired) electrons. The second-order valence-electron chi connectivity index (χ2n) is 10.2. The molecule has 1 aliphatic rings. The summed E-state index contributed by atoms with van der Waals surface area (Å²) < 4.78 is 30.0. The summed E-state index contributed by atoms with van der Waals surface area (Å²) in [5.41, 5.74) is -0.122. The highest BCUT2D eigenvalue weighted by molar-refractivity contribution is 7.89. The van der Waals surface area contributed by atoms with Crippen LogP contribution in [0.2, 0.25) is 0 Å². The summed E-state index contributed by atoms with van der Waals surface area (Å²) >= 11 is 0. The number of para-hydroxylation sites is 1. The average molecular weight is 555 g/mol. The van der Waals surface area contributed by atoms with E-state index in [1.54, 1.807) is 4.57 Å². The molecule has 1 aromatic heterocycles. The molecule has 0 saturated heterocycles. The first kappa shape index (κ1) is 27.9. The lowest BCUT2D eigenvalue weighted by Crippen LogP contribution is -2.53. The van der Waals surface area contributed by atoms with Crippen molar-refractivity contribution in [2.75, 3.05) is 13.6 Å². The third kappa shape index (κ3) is 5.40. The van der Waals surface area contributed by atoms with E-state index in [9.17, 15) is 28.1 Å². The maximum absolute atomic E-state index is 13.6. The van der Waals surface area contributed by atoms with Gasteiger partial charge in [0.05, 0.1) is 17.2 Å². The van der Waals surface area contributed by atoms with Crippen LogP contribution in [0.25, 0.3) is 11.4 Å². The molecule has 4 rings (SSSR count). The maximum Gasteiger partial charge on any atom is 0.289 e. The minimum atomic E-state index is -4.29. The number of benzene rings is 2. The van der Waals surface area contributed by atoms with E-state index in [1.165, 1.54) is 25.2 Å². The topological polar surface area (TPSA) is 157 Å². The largest absolute Gasteiger partial charge is 0.357 e. The fourth-order valence-electron chi connectivity index (χ4n) is 4.52. The molecule has 0 fully saturated rings. The van der Waals surface area contributed by atoms with E-state index in [1.807, 2.05) is 51.1 Å². The highest BCUT2D eigenvalue weighted by Crippen LogP contribution is 2.32. The van der Waals surface area contributed by atoms with Crippen molar-refractivity contribution in [1.29, 1.82) is 0 Å². The van der Waals surface area contributed by atoms with Crippen molar-refractivity contribution in [2.24, 2.45) is 5.41 Å². The Morgan fingerprint density at radius 3 is 2.31 bits per heavy atom. The molecule has 2 aromatic carbocycles. The summed E-state index contributed by atoms with van der Waals surface area (Å²) in [6, 6.07) is 13.4. The molecule has 3 aromatic rings. The van der Waals surface area contributed by atoms with Crippen molar-refractivity contribution in [1.82, 2.24) is 24.5 Å². The molecule has 0 spiro atoms. The zero-order valence-electron chi connectivity index (χ0n) is 22.0. The number of fused-ring (bicyclic) bond motifs is 1. The van der Waals surface area contributed by atoms with Crippen LogP contribution in [-0.2, 0) is 27.9 Å². The summed E-state index contributed by atoms with van der Waals surface area (Å²) in [7, 11) is -2.81. The van der Waals surface area contributed by atoms with Gasteiger partial charge in [-0.05, 0) is 11.5 Å². The van der Waals surface area contributed by atoms with E-state index < -0.39 is 42.9 Å². The number of rotatable bonds is 7. The van der Waals surface area contributed by atoms with Crippen LogP contribution >= 0.6 is 0 Å². The quantitative estimate of drug-likeness (QED) is 0.336. The van der Waals surface area contributed by atoms with Crippen LogP contribution < -0.4 is 10.6 Å². The number of carbonyl (C=O) groups is 2. The highest BCUT2D eigenvalue weighted by Gasteiger charge is 2.38. The Kier molecular flexibility index (Phi) is 7.57. The molecule has 2 N–H and O–H groups in total. The van der Waals surface area contributed by atoms with E-state index in [0.29, 0.717) is 11.5 Å². The Hall–Kier alpha value is -4.10. The molecule has 0 saturated carbocycles. The van der Waals surface area contributed by atoms with E-state index in [-0.39, 0.29) is 31.2 Å². The van der Waals surface area contributed by atoms with E-state index in [4.69, 9.17) is 0 Å². The van der Waals surface area contributed by atoms with Crippen LogP contribution in [0.5, 0.6) is 0 Å². The molecule has 12 nitrogen and oxygen atoms in total. The first-order valence-electron chi connectivity index (χ1n) is 12.3. The number of sulfonamides is 1. The van der Waals surface area contributed by atoms with Crippen molar-refractivity contribution in [2.45, 2.75) is 44.8 Å². The zero-order chi connectivity index (χ0) is 28.5. The maximum atomic E-state index is 13.6. The van der Waals surface area contributed by atoms with Gasteiger partial charge in [-0.1, -0.05) is 63.2 Å². The van der Waals surface area contributed by atoms with Gasteiger partial charge in [0.1, 0.15) is 11.9 Å². The van der Waals surface area contributed by atoms with Crippen LogP contribution in [-0.4, -0.2) is 58.6 Å². The third-order valence-electron chi connectivity index (χ3n) is 6.55. The third-order valence-corrected chi connectivity index (χ3v) is 8.44. The number of hydrogen-bond acceptors (Lipinski definition) is 7. The summed E-state index contributed by atoms with van der Waals surface area (Å²) in [6.45, 7) is 5.38. The summed E-state index contributed by atoms with van der Waals surface area (Å²) in [5.74, 6) is -0.534. The van der Waals surface area contributed by atoms with Gasteiger partial charge < -0.3 is 15.2 Å². The number of amides is 2. The molecule has 39 heavy (non-hydrogen) atoms. The van der Waals surface area contributed by atoms with Crippen molar-refractivity contribution >= 4 is 27.5 Å². The first-order valence-corrected chi connectivity index (χ1v) is 13.7. The van der Waals surface area contributed by atoms with E-state index in [2.05, 4.69) is 15.6 Å². The SMILES string of the molecule is CNC(=O)C(NC(=O)c1nc(-c2ccccc2)n2c1CN(S(=O)(=O)c1ccccc1[N+](=O)[O-])CC2)C(C)(C)C. The number of imidazole rings is 1. The molecular formula is C26H30N6O6S. The molecule has 1 atom stereocenters. The van der Waals surface area contributed by atoms with Crippen LogP contribution in [0.1, 0.15) is 37.0 Å². The van der Waals surface area contributed by atoms with Gasteiger partial charge in [0.15, 0.2) is 10.6 Å². The molecular weight excluding hydrogens is 524 g/mol. The van der Waals surface area contributed by atoms with Gasteiger partial charge in [0, 0.05) is 31.8 Å². The number of nitrogens with one attached hydrogen (secondary N) is 2. The first-order chi connectivity index (χ1) is 18.4. The van der Waals surface area contributed by atoms with E-state index in [0.717, 1.165) is 15.9 Å². The number of hydrogen-bond donors (Lipinski definition) is 2. The number of nitrogens with zero attached hydrogens (tertiary/aromatic N) is 4. The number of nitro groups is 1. The molecule has 13 heteroatoms.